The minimum atomic E-state index is -3.51. The zero-order valence-corrected chi connectivity index (χ0v) is 14.1. The number of aromatic nitrogens is 2. The third-order valence-electron chi connectivity index (χ3n) is 4.06. The molecule has 1 unspecified atom stereocenters. The quantitative estimate of drug-likeness (QED) is 0.766. The van der Waals surface area contributed by atoms with Crippen molar-refractivity contribution in [1.29, 1.82) is 0 Å². The van der Waals surface area contributed by atoms with E-state index in [1.807, 2.05) is 20.8 Å². The van der Waals surface area contributed by atoms with Gasteiger partial charge in [-0.15, -0.1) is 0 Å². The van der Waals surface area contributed by atoms with E-state index in [2.05, 4.69) is 15.5 Å². The summed E-state index contributed by atoms with van der Waals surface area (Å²) >= 11 is 0. The van der Waals surface area contributed by atoms with E-state index in [1.165, 1.54) is 12.8 Å². The molecule has 0 bridgehead atoms. The molecule has 1 heterocycles. The van der Waals surface area contributed by atoms with E-state index in [0.717, 1.165) is 6.42 Å². The fourth-order valence-electron chi connectivity index (χ4n) is 2.50. The summed E-state index contributed by atoms with van der Waals surface area (Å²) in [5.41, 5.74) is 1.21. The number of sulfonamides is 1. The predicted octanol–water partition coefficient (Wildman–Crippen LogP) is 1.78. The third-order valence-corrected chi connectivity index (χ3v) is 6.35. The topological polar surface area (TPSA) is 78.1 Å². The van der Waals surface area contributed by atoms with Crippen molar-refractivity contribution in [2.75, 3.05) is 6.54 Å². The summed E-state index contributed by atoms with van der Waals surface area (Å²) in [6, 6.07) is 0.507. The van der Waals surface area contributed by atoms with Gasteiger partial charge < -0.3 is 5.32 Å². The van der Waals surface area contributed by atoms with Crippen molar-refractivity contribution >= 4 is 10.0 Å². The lowest BCUT2D eigenvalue weighted by molar-refractivity contribution is 0.342. The molecule has 1 fully saturated rings. The monoisotopic (exact) mass is 314 g/mol. The molecule has 1 aromatic heterocycles. The summed E-state index contributed by atoms with van der Waals surface area (Å²) in [5, 5.41) is 10.4. The second kappa shape index (κ2) is 6.46. The number of aromatic amines is 1. The lowest BCUT2D eigenvalue weighted by Gasteiger charge is -2.26. The number of nitrogens with zero attached hydrogens (tertiary/aromatic N) is 2. The Bertz CT molecular complexity index is 578. The van der Waals surface area contributed by atoms with Crippen molar-refractivity contribution in [3.8, 4) is 0 Å². The highest BCUT2D eigenvalue weighted by Gasteiger charge is 2.33. The molecule has 2 rings (SSSR count). The summed E-state index contributed by atoms with van der Waals surface area (Å²) in [5.74, 6) is 0. The lowest BCUT2D eigenvalue weighted by atomic mass is 10.3. The Balaban J connectivity index is 2.31. The summed E-state index contributed by atoms with van der Waals surface area (Å²) in [4.78, 5) is 0.345. The zero-order chi connectivity index (χ0) is 15.6. The van der Waals surface area contributed by atoms with Crippen LogP contribution in [-0.2, 0) is 16.6 Å². The van der Waals surface area contributed by atoms with E-state index in [9.17, 15) is 8.42 Å². The van der Waals surface area contributed by atoms with Crippen molar-refractivity contribution in [2.45, 2.75) is 70.5 Å². The van der Waals surface area contributed by atoms with E-state index < -0.39 is 10.0 Å². The molecule has 1 aliphatic carbocycles. The summed E-state index contributed by atoms with van der Waals surface area (Å²) in [6.07, 6.45) is 3.12. The molecule has 0 aliphatic heterocycles. The van der Waals surface area contributed by atoms with Crippen LogP contribution in [0.4, 0.5) is 0 Å². The van der Waals surface area contributed by atoms with Crippen LogP contribution in [0.1, 0.15) is 51.4 Å². The Labute approximate surface area is 127 Å². The highest BCUT2D eigenvalue weighted by Crippen LogP contribution is 2.26. The number of rotatable bonds is 8. The molecular weight excluding hydrogens is 288 g/mol. The van der Waals surface area contributed by atoms with Crippen LogP contribution in [0.25, 0.3) is 0 Å². The van der Waals surface area contributed by atoms with Gasteiger partial charge in [-0.25, -0.2) is 8.42 Å². The minimum Gasteiger partial charge on any atom is -0.308 e. The van der Waals surface area contributed by atoms with Crippen molar-refractivity contribution in [1.82, 2.24) is 19.8 Å². The second-order valence-electron chi connectivity index (χ2n) is 5.75. The smallest absolute Gasteiger partial charge is 0.247 e. The Hall–Kier alpha value is -0.920. The average molecular weight is 314 g/mol. The molecule has 0 radical (unpaired) electrons. The van der Waals surface area contributed by atoms with Gasteiger partial charge in [0.2, 0.25) is 10.0 Å². The molecule has 0 aromatic carbocycles. The van der Waals surface area contributed by atoms with Crippen LogP contribution in [0.15, 0.2) is 4.90 Å². The maximum atomic E-state index is 13.0. The van der Waals surface area contributed by atoms with Crippen molar-refractivity contribution in [3.63, 3.8) is 0 Å². The Morgan fingerprint density at radius 2 is 2.10 bits per heavy atom. The van der Waals surface area contributed by atoms with Crippen LogP contribution in [-0.4, -0.2) is 41.5 Å². The van der Waals surface area contributed by atoms with E-state index in [4.69, 9.17) is 0 Å². The average Bonchev–Trinajstić information content (AvgIpc) is 3.19. The molecular formula is C14H26N4O2S. The van der Waals surface area contributed by atoms with Gasteiger partial charge in [-0.2, -0.15) is 9.40 Å². The van der Waals surface area contributed by atoms with Gasteiger partial charge in [0.05, 0.1) is 11.4 Å². The Kier molecular flexibility index (Phi) is 5.06. The van der Waals surface area contributed by atoms with Gasteiger partial charge >= 0.3 is 0 Å². The molecule has 0 spiro atoms. The highest BCUT2D eigenvalue weighted by atomic mass is 32.2. The molecule has 21 heavy (non-hydrogen) atoms. The first-order valence-electron chi connectivity index (χ1n) is 7.70. The molecule has 120 valence electrons. The first-order chi connectivity index (χ1) is 9.91. The van der Waals surface area contributed by atoms with Gasteiger partial charge in [0.15, 0.2) is 0 Å². The number of nitrogens with one attached hydrogen (secondary N) is 2. The molecule has 0 saturated heterocycles. The summed E-state index contributed by atoms with van der Waals surface area (Å²) in [7, 11) is -3.51. The van der Waals surface area contributed by atoms with E-state index in [0.29, 0.717) is 35.4 Å². The molecule has 1 saturated carbocycles. The fraction of sp³-hybridized carbons (Fsp3) is 0.786. The number of H-pyrrole nitrogens is 1. The fourth-order valence-corrected chi connectivity index (χ4v) is 4.54. The van der Waals surface area contributed by atoms with Crippen LogP contribution in [0.2, 0.25) is 0 Å². The molecule has 2 N–H and O–H groups in total. The number of hydrogen-bond donors (Lipinski definition) is 2. The van der Waals surface area contributed by atoms with Crippen LogP contribution in [0, 0.1) is 6.92 Å². The molecule has 7 heteroatoms. The summed E-state index contributed by atoms with van der Waals surface area (Å²) < 4.78 is 27.5. The van der Waals surface area contributed by atoms with E-state index in [1.54, 1.807) is 11.2 Å². The molecule has 6 nitrogen and oxygen atoms in total. The maximum absolute atomic E-state index is 13.0. The molecule has 1 aliphatic rings. The number of hydrogen-bond acceptors (Lipinski definition) is 4. The van der Waals surface area contributed by atoms with E-state index >= 15 is 0 Å². The standard InChI is InChI=1S/C14H26N4O2S/c1-5-10(3)18(6-2)21(19,20)14-11(4)16-17-13(14)9-15-12-7-8-12/h10,12,15H,5-9H2,1-4H3,(H,16,17). The minimum absolute atomic E-state index is 0.0152. The van der Waals surface area contributed by atoms with Crippen LogP contribution < -0.4 is 5.32 Å². The van der Waals surface area contributed by atoms with Gasteiger partial charge in [-0.1, -0.05) is 13.8 Å². The normalized spacial score (nSPS) is 17.4. The van der Waals surface area contributed by atoms with Crippen LogP contribution in [0.3, 0.4) is 0 Å². The Morgan fingerprint density at radius 1 is 1.43 bits per heavy atom. The van der Waals surface area contributed by atoms with E-state index in [-0.39, 0.29) is 6.04 Å². The van der Waals surface area contributed by atoms with Crippen LogP contribution in [0.5, 0.6) is 0 Å². The van der Waals surface area contributed by atoms with Gasteiger partial charge in [-0.3, -0.25) is 5.10 Å². The van der Waals surface area contributed by atoms with Crippen molar-refractivity contribution in [3.05, 3.63) is 11.4 Å². The zero-order valence-electron chi connectivity index (χ0n) is 13.3. The van der Waals surface area contributed by atoms with Crippen molar-refractivity contribution in [2.24, 2.45) is 0 Å². The lowest BCUT2D eigenvalue weighted by Crippen LogP contribution is -2.38. The van der Waals surface area contributed by atoms with Gasteiger partial charge in [0, 0.05) is 25.2 Å². The molecule has 0 amide bonds. The second-order valence-corrected chi connectivity index (χ2v) is 7.57. The largest absolute Gasteiger partial charge is 0.308 e. The highest BCUT2D eigenvalue weighted by molar-refractivity contribution is 7.89. The van der Waals surface area contributed by atoms with Gasteiger partial charge in [0.25, 0.3) is 0 Å². The maximum Gasteiger partial charge on any atom is 0.247 e. The molecule has 1 aromatic rings. The van der Waals surface area contributed by atoms with Crippen molar-refractivity contribution < 1.29 is 8.42 Å². The third kappa shape index (κ3) is 3.46. The van der Waals surface area contributed by atoms with Gasteiger partial charge in [-0.05, 0) is 33.1 Å². The predicted molar refractivity (Wildman–Crippen MR) is 82.5 cm³/mol. The number of aryl methyl sites for hydroxylation is 1. The van der Waals surface area contributed by atoms with Gasteiger partial charge in [0.1, 0.15) is 4.90 Å². The Morgan fingerprint density at radius 3 is 2.62 bits per heavy atom. The first kappa shape index (κ1) is 16.5. The molecule has 1 atom stereocenters. The summed E-state index contributed by atoms with van der Waals surface area (Å²) in [6.45, 7) is 8.56. The van der Waals surface area contributed by atoms with Crippen LogP contribution >= 0.6 is 0 Å². The SMILES string of the molecule is CCC(C)N(CC)S(=O)(=O)c1c(CNC2CC2)n[nH]c1C. The first-order valence-corrected chi connectivity index (χ1v) is 9.14.